The lowest BCUT2D eigenvalue weighted by atomic mass is 10.0. The van der Waals surface area contributed by atoms with Gasteiger partial charge in [0.15, 0.2) is 0 Å². The van der Waals surface area contributed by atoms with Gasteiger partial charge in [-0.2, -0.15) is 4.31 Å². The van der Waals surface area contributed by atoms with E-state index in [9.17, 15) is 13.2 Å². The summed E-state index contributed by atoms with van der Waals surface area (Å²) in [7, 11) is -3.96. The number of sulfonamides is 1. The van der Waals surface area contributed by atoms with Gasteiger partial charge in [0.1, 0.15) is 6.04 Å². The molecule has 25 heavy (non-hydrogen) atoms. The van der Waals surface area contributed by atoms with Crippen molar-refractivity contribution in [3.63, 3.8) is 0 Å². The predicted octanol–water partition coefficient (Wildman–Crippen LogP) is 3.51. The van der Waals surface area contributed by atoms with Crippen molar-refractivity contribution in [2.24, 2.45) is 0 Å². The maximum Gasteiger partial charge on any atom is 0.244 e. The van der Waals surface area contributed by atoms with Crippen LogP contribution in [-0.4, -0.2) is 31.7 Å². The smallest absolute Gasteiger partial charge is 0.244 e. The molecule has 1 atom stereocenters. The molecular weight excluding hydrogens is 407 g/mol. The van der Waals surface area contributed by atoms with Crippen LogP contribution in [0.1, 0.15) is 11.6 Å². The van der Waals surface area contributed by atoms with Gasteiger partial charge in [0, 0.05) is 18.1 Å². The molecule has 1 aliphatic heterocycles. The third kappa shape index (κ3) is 3.64. The lowest BCUT2D eigenvalue weighted by Gasteiger charge is -2.34. The zero-order valence-corrected chi connectivity index (χ0v) is 15.8. The number of rotatable bonds is 3. The normalized spacial score (nSPS) is 18.8. The molecule has 1 unspecified atom stereocenters. The first-order valence-electron chi connectivity index (χ1n) is 7.31. The topological polar surface area (TPSA) is 66.5 Å². The Morgan fingerprint density at radius 1 is 1.04 bits per heavy atom. The molecule has 2 aromatic rings. The highest BCUT2D eigenvalue weighted by Crippen LogP contribution is 2.33. The summed E-state index contributed by atoms with van der Waals surface area (Å²) < 4.78 is 27.3. The molecule has 3 rings (SSSR count). The standard InChI is InChI=1S/C16H13Cl3N2O3S/c17-11-3-1-2-10(8-11)15-16(22)20-6-7-21(15)25(23,24)12-4-5-13(18)14(19)9-12/h1-5,8-9,15H,6-7H2,(H,20,22). The van der Waals surface area contributed by atoms with Crippen LogP contribution < -0.4 is 5.32 Å². The number of hydrogen-bond donors (Lipinski definition) is 1. The highest BCUT2D eigenvalue weighted by molar-refractivity contribution is 7.89. The molecule has 1 fully saturated rings. The average molecular weight is 420 g/mol. The van der Waals surface area contributed by atoms with Crippen molar-refractivity contribution in [2.45, 2.75) is 10.9 Å². The van der Waals surface area contributed by atoms with Crippen LogP contribution in [0.5, 0.6) is 0 Å². The third-order valence-electron chi connectivity index (χ3n) is 3.83. The Balaban J connectivity index is 2.08. The number of amides is 1. The van der Waals surface area contributed by atoms with Crippen molar-refractivity contribution in [3.8, 4) is 0 Å². The molecular formula is C16H13Cl3N2O3S. The highest BCUT2D eigenvalue weighted by atomic mass is 35.5. The average Bonchev–Trinajstić information content (AvgIpc) is 2.57. The summed E-state index contributed by atoms with van der Waals surface area (Å²) >= 11 is 17.8. The predicted molar refractivity (Wildman–Crippen MR) is 97.6 cm³/mol. The zero-order valence-electron chi connectivity index (χ0n) is 12.7. The summed E-state index contributed by atoms with van der Waals surface area (Å²) in [6.45, 7) is 0.349. The molecule has 1 amide bonds. The fraction of sp³-hybridized carbons (Fsp3) is 0.188. The SMILES string of the molecule is O=C1NCCN(S(=O)(=O)c2ccc(Cl)c(Cl)c2)C1c1cccc(Cl)c1. The van der Waals surface area contributed by atoms with E-state index in [0.29, 0.717) is 10.6 Å². The Labute approximate surface area is 160 Å². The summed E-state index contributed by atoms with van der Waals surface area (Å²) in [4.78, 5) is 12.4. The van der Waals surface area contributed by atoms with E-state index in [1.807, 2.05) is 0 Å². The van der Waals surface area contributed by atoms with E-state index in [2.05, 4.69) is 5.32 Å². The summed E-state index contributed by atoms with van der Waals surface area (Å²) in [5.74, 6) is -0.405. The van der Waals surface area contributed by atoms with Gasteiger partial charge in [0.05, 0.1) is 14.9 Å². The van der Waals surface area contributed by atoms with Gasteiger partial charge in [-0.15, -0.1) is 0 Å². The fourth-order valence-corrected chi connectivity index (χ4v) is 4.84. The number of carbonyl (C=O) groups is 1. The van der Waals surface area contributed by atoms with Crippen LogP contribution in [0, 0.1) is 0 Å². The quantitative estimate of drug-likeness (QED) is 0.828. The molecule has 1 heterocycles. The van der Waals surface area contributed by atoms with E-state index in [1.165, 1.54) is 18.2 Å². The number of piperazine rings is 1. The van der Waals surface area contributed by atoms with Crippen molar-refractivity contribution in [3.05, 3.63) is 63.1 Å². The summed E-state index contributed by atoms with van der Waals surface area (Å²) in [5, 5.41) is 3.49. The number of nitrogens with one attached hydrogen (secondary N) is 1. The maximum atomic E-state index is 13.1. The number of hydrogen-bond acceptors (Lipinski definition) is 3. The van der Waals surface area contributed by atoms with E-state index >= 15 is 0 Å². The van der Waals surface area contributed by atoms with Crippen LogP contribution in [0.25, 0.3) is 0 Å². The van der Waals surface area contributed by atoms with Crippen LogP contribution >= 0.6 is 34.8 Å². The molecule has 0 aromatic heterocycles. The molecule has 5 nitrogen and oxygen atoms in total. The molecule has 1 aliphatic rings. The monoisotopic (exact) mass is 418 g/mol. The zero-order chi connectivity index (χ0) is 18.2. The Morgan fingerprint density at radius 2 is 1.80 bits per heavy atom. The first-order chi connectivity index (χ1) is 11.8. The first-order valence-corrected chi connectivity index (χ1v) is 9.88. The summed E-state index contributed by atoms with van der Waals surface area (Å²) in [6.07, 6.45) is 0. The Morgan fingerprint density at radius 3 is 2.48 bits per heavy atom. The van der Waals surface area contributed by atoms with E-state index in [0.717, 1.165) is 4.31 Å². The van der Waals surface area contributed by atoms with E-state index in [-0.39, 0.29) is 28.0 Å². The molecule has 1 N–H and O–H groups in total. The molecule has 0 bridgehead atoms. The van der Waals surface area contributed by atoms with Crippen LogP contribution in [0.4, 0.5) is 0 Å². The van der Waals surface area contributed by atoms with Gasteiger partial charge >= 0.3 is 0 Å². The van der Waals surface area contributed by atoms with Crippen LogP contribution in [0.3, 0.4) is 0 Å². The largest absolute Gasteiger partial charge is 0.353 e. The lowest BCUT2D eigenvalue weighted by Crippen LogP contribution is -2.52. The maximum absolute atomic E-state index is 13.1. The molecule has 2 aromatic carbocycles. The molecule has 0 aliphatic carbocycles. The van der Waals surface area contributed by atoms with Gasteiger partial charge in [-0.3, -0.25) is 4.79 Å². The second-order valence-electron chi connectivity index (χ2n) is 5.44. The highest BCUT2D eigenvalue weighted by Gasteiger charge is 2.39. The third-order valence-corrected chi connectivity index (χ3v) is 6.66. The number of nitrogens with zero attached hydrogens (tertiary/aromatic N) is 1. The van der Waals surface area contributed by atoms with Crippen molar-refractivity contribution >= 4 is 50.7 Å². The van der Waals surface area contributed by atoms with Gasteiger partial charge in [0.2, 0.25) is 15.9 Å². The Hall–Kier alpha value is -1.31. The molecule has 9 heteroatoms. The van der Waals surface area contributed by atoms with Crippen LogP contribution in [0.15, 0.2) is 47.4 Å². The second-order valence-corrected chi connectivity index (χ2v) is 8.58. The van der Waals surface area contributed by atoms with Gasteiger partial charge in [0.25, 0.3) is 0 Å². The first kappa shape index (κ1) is 18.5. The second kappa shape index (κ2) is 7.13. The van der Waals surface area contributed by atoms with Gasteiger partial charge in [-0.1, -0.05) is 46.9 Å². The minimum absolute atomic E-state index is 0.0244. The summed E-state index contributed by atoms with van der Waals surface area (Å²) in [5.41, 5.74) is 0.494. The molecule has 0 spiro atoms. The Kier molecular flexibility index (Phi) is 5.27. The van der Waals surface area contributed by atoms with Crippen LogP contribution in [-0.2, 0) is 14.8 Å². The van der Waals surface area contributed by atoms with Crippen LogP contribution in [0.2, 0.25) is 15.1 Å². The van der Waals surface area contributed by atoms with Gasteiger partial charge in [-0.05, 0) is 35.9 Å². The van der Waals surface area contributed by atoms with E-state index in [4.69, 9.17) is 34.8 Å². The number of benzene rings is 2. The van der Waals surface area contributed by atoms with E-state index in [1.54, 1.807) is 24.3 Å². The molecule has 132 valence electrons. The van der Waals surface area contributed by atoms with Gasteiger partial charge < -0.3 is 5.32 Å². The molecule has 0 saturated carbocycles. The summed E-state index contributed by atoms with van der Waals surface area (Å²) in [6, 6.07) is 9.62. The molecule has 1 saturated heterocycles. The van der Waals surface area contributed by atoms with Gasteiger partial charge in [-0.25, -0.2) is 8.42 Å². The van der Waals surface area contributed by atoms with E-state index < -0.39 is 22.0 Å². The van der Waals surface area contributed by atoms with Crippen molar-refractivity contribution in [1.29, 1.82) is 0 Å². The lowest BCUT2D eigenvalue weighted by molar-refractivity contribution is -0.126. The van der Waals surface area contributed by atoms with Crippen molar-refractivity contribution in [2.75, 3.05) is 13.1 Å². The minimum Gasteiger partial charge on any atom is -0.353 e. The van der Waals surface area contributed by atoms with Crippen molar-refractivity contribution in [1.82, 2.24) is 9.62 Å². The fourth-order valence-electron chi connectivity index (χ4n) is 2.67. The minimum atomic E-state index is -3.96. The van der Waals surface area contributed by atoms with Crippen molar-refractivity contribution < 1.29 is 13.2 Å². The Bertz CT molecular complexity index is 934. The molecule has 0 radical (unpaired) electrons. The number of halogens is 3. The number of carbonyl (C=O) groups excluding carboxylic acids is 1.